The van der Waals surface area contributed by atoms with E-state index in [1.54, 1.807) is 7.11 Å². The van der Waals surface area contributed by atoms with E-state index in [0.717, 1.165) is 21.3 Å². The molecular weight excluding hydrogens is 388 g/mol. The minimum Gasteiger partial charge on any atom is -0.496 e. The number of thioether (sulfide) groups is 1. The number of aromatic nitrogens is 3. The Balaban J connectivity index is 1.81. The zero-order chi connectivity index (χ0) is 17.1. The number of nitrogens with two attached hydrogens (primary N) is 1. The maximum absolute atomic E-state index is 6.17. The van der Waals surface area contributed by atoms with Crippen LogP contribution in [0.15, 0.2) is 52.1 Å². The lowest BCUT2D eigenvalue weighted by atomic mass is 10.1. The summed E-state index contributed by atoms with van der Waals surface area (Å²) >= 11 is 4.99. The fourth-order valence-corrected chi connectivity index (χ4v) is 3.60. The van der Waals surface area contributed by atoms with Crippen LogP contribution in [0.2, 0.25) is 0 Å². The van der Waals surface area contributed by atoms with Crippen LogP contribution < -0.4 is 10.6 Å². The lowest BCUT2D eigenvalue weighted by molar-refractivity contribution is 0.411. The van der Waals surface area contributed by atoms with E-state index >= 15 is 0 Å². The molecule has 5 nitrogen and oxygen atoms in total. The molecule has 2 aromatic carbocycles. The zero-order valence-corrected chi connectivity index (χ0v) is 15.8. The molecule has 0 aliphatic heterocycles. The number of ether oxygens (including phenoxy) is 1. The molecule has 1 aromatic heterocycles. The van der Waals surface area contributed by atoms with Crippen molar-refractivity contribution in [1.82, 2.24) is 14.9 Å². The van der Waals surface area contributed by atoms with E-state index in [4.69, 9.17) is 10.6 Å². The molecule has 0 atom stereocenters. The van der Waals surface area contributed by atoms with Crippen molar-refractivity contribution < 1.29 is 4.74 Å². The number of halogens is 1. The van der Waals surface area contributed by atoms with Gasteiger partial charge in [0.25, 0.3) is 0 Å². The molecule has 0 spiro atoms. The zero-order valence-electron chi connectivity index (χ0n) is 13.4. The van der Waals surface area contributed by atoms with Crippen molar-refractivity contribution in [3.8, 4) is 17.1 Å². The average molecular weight is 405 g/mol. The van der Waals surface area contributed by atoms with Crippen molar-refractivity contribution in [1.29, 1.82) is 0 Å². The summed E-state index contributed by atoms with van der Waals surface area (Å²) in [5.74, 6) is 8.38. The van der Waals surface area contributed by atoms with Crippen LogP contribution in [0.3, 0.4) is 0 Å². The number of rotatable bonds is 5. The average Bonchev–Trinajstić information content (AvgIpc) is 2.94. The van der Waals surface area contributed by atoms with E-state index < -0.39 is 0 Å². The van der Waals surface area contributed by atoms with Crippen molar-refractivity contribution in [2.24, 2.45) is 0 Å². The van der Waals surface area contributed by atoms with Gasteiger partial charge in [-0.1, -0.05) is 57.5 Å². The van der Waals surface area contributed by atoms with Gasteiger partial charge in [-0.25, -0.2) is 4.68 Å². The Morgan fingerprint density at radius 3 is 2.79 bits per heavy atom. The third-order valence-electron chi connectivity index (χ3n) is 3.54. The fourth-order valence-electron chi connectivity index (χ4n) is 2.36. The van der Waals surface area contributed by atoms with Gasteiger partial charge in [-0.3, -0.25) is 0 Å². The van der Waals surface area contributed by atoms with Gasteiger partial charge < -0.3 is 10.6 Å². The summed E-state index contributed by atoms with van der Waals surface area (Å²) in [5.41, 5.74) is 3.21. The molecule has 0 radical (unpaired) electrons. The van der Waals surface area contributed by atoms with Gasteiger partial charge in [-0.2, -0.15) is 0 Å². The number of aryl methyl sites for hydroxylation is 1. The summed E-state index contributed by atoms with van der Waals surface area (Å²) in [6.07, 6.45) is 0. The van der Waals surface area contributed by atoms with Gasteiger partial charge in [-0.05, 0) is 25.1 Å². The number of nitrogens with zero attached hydrogens (tertiary/aromatic N) is 3. The van der Waals surface area contributed by atoms with E-state index in [-0.39, 0.29) is 0 Å². The number of hydrogen-bond donors (Lipinski definition) is 1. The molecular formula is C17H17BrN4OS. The van der Waals surface area contributed by atoms with Crippen LogP contribution in [0.1, 0.15) is 11.1 Å². The standard InChI is InChI=1S/C17H17BrN4OS/c1-11-6-7-15(23-2)13(8-11)10-24-17-21-20-16(22(17)19)12-4-3-5-14(18)9-12/h3-9H,10,19H2,1-2H3. The second kappa shape index (κ2) is 7.27. The molecule has 1 heterocycles. The van der Waals surface area contributed by atoms with Gasteiger partial charge in [-0.15, -0.1) is 10.2 Å². The number of nitrogen functional groups attached to an aromatic ring is 1. The van der Waals surface area contributed by atoms with Crippen LogP contribution in [0, 0.1) is 6.92 Å². The largest absolute Gasteiger partial charge is 0.496 e. The minimum absolute atomic E-state index is 0.634. The molecule has 0 unspecified atom stereocenters. The highest BCUT2D eigenvalue weighted by molar-refractivity contribution is 9.10. The van der Waals surface area contributed by atoms with Gasteiger partial charge in [0.15, 0.2) is 5.82 Å². The molecule has 0 aliphatic carbocycles. The predicted molar refractivity (Wildman–Crippen MR) is 101 cm³/mol. The van der Waals surface area contributed by atoms with Crippen molar-refractivity contribution in [2.45, 2.75) is 17.8 Å². The Morgan fingerprint density at radius 1 is 1.21 bits per heavy atom. The first-order chi connectivity index (χ1) is 11.6. The van der Waals surface area contributed by atoms with Gasteiger partial charge in [0.2, 0.25) is 5.16 Å². The molecule has 24 heavy (non-hydrogen) atoms. The Labute approximate surface area is 153 Å². The highest BCUT2D eigenvalue weighted by atomic mass is 79.9. The van der Waals surface area contributed by atoms with E-state index in [0.29, 0.717) is 16.7 Å². The molecule has 124 valence electrons. The monoisotopic (exact) mass is 404 g/mol. The smallest absolute Gasteiger partial charge is 0.210 e. The normalized spacial score (nSPS) is 10.8. The van der Waals surface area contributed by atoms with Crippen molar-refractivity contribution in [3.63, 3.8) is 0 Å². The molecule has 3 aromatic rings. The van der Waals surface area contributed by atoms with Crippen LogP contribution in [-0.2, 0) is 5.75 Å². The van der Waals surface area contributed by atoms with Gasteiger partial charge in [0, 0.05) is 21.4 Å². The number of hydrogen-bond acceptors (Lipinski definition) is 5. The molecule has 0 saturated heterocycles. The van der Waals surface area contributed by atoms with Gasteiger partial charge in [0.1, 0.15) is 5.75 Å². The summed E-state index contributed by atoms with van der Waals surface area (Å²) < 4.78 is 7.91. The van der Waals surface area contributed by atoms with Crippen molar-refractivity contribution >= 4 is 27.7 Å². The second-order valence-corrected chi connectivity index (χ2v) is 7.15. The quantitative estimate of drug-likeness (QED) is 0.513. The van der Waals surface area contributed by atoms with Crippen LogP contribution in [-0.4, -0.2) is 22.0 Å². The Morgan fingerprint density at radius 2 is 2.04 bits per heavy atom. The van der Waals surface area contributed by atoms with E-state index in [9.17, 15) is 0 Å². The van der Waals surface area contributed by atoms with Gasteiger partial charge in [0.05, 0.1) is 7.11 Å². The predicted octanol–water partition coefficient (Wildman–Crippen LogP) is 4.03. The summed E-state index contributed by atoms with van der Waals surface area (Å²) in [6, 6.07) is 13.9. The molecule has 0 fully saturated rings. The molecule has 0 bridgehead atoms. The van der Waals surface area contributed by atoms with E-state index in [1.807, 2.05) is 36.4 Å². The first kappa shape index (κ1) is 16.9. The summed E-state index contributed by atoms with van der Waals surface area (Å²) in [5, 5.41) is 9.08. The van der Waals surface area contributed by atoms with Crippen molar-refractivity contribution in [3.05, 3.63) is 58.1 Å². The molecule has 0 aliphatic rings. The SMILES string of the molecule is COc1ccc(C)cc1CSc1nnc(-c2cccc(Br)c2)n1N. The van der Waals surface area contributed by atoms with Crippen molar-refractivity contribution in [2.75, 3.05) is 13.0 Å². The highest BCUT2D eigenvalue weighted by Crippen LogP contribution is 2.29. The molecule has 3 rings (SSSR count). The number of benzene rings is 2. The van der Waals surface area contributed by atoms with Crippen LogP contribution in [0.4, 0.5) is 0 Å². The summed E-state index contributed by atoms with van der Waals surface area (Å²) in [7, 11) is 1.68. The molecule has 2 N–H and O–H groups in total. The summed E-state index contributed by atoms with van der Waals surface area (Å²) in [6.45, 7) is 2.06. The number of methoxy groups -OCH3 is 1. The van der Waals surface area contributed by atoms with Crippen LogP contribution in [0.5, 0.6) is 5.75 Å². The van der Waals surface area contributed by atoms with E-state index in [1.165, 1.54) is 22.0 Å². The first-order valence-electron chi connectivity index (χ1n) is 7.31. The first-order valence-corrected chi connectivity index (χ1v) is 9.09. The van der Waals surface area contributed by atoms with Crippen LogP contribution in [0.25, 0.3) is 11.4 Å². The Hall–Kier alpha value is -1.99. The second-order valence-electron chi connectivity index (χ2n) is 5.29. The molecule has 0 amide bonds. The summed E-state index contributed by atoms with van der Waals surface area (Å²) in [4.78, 5) is 0. The maximum Gasteiger partial charge on any atom is 0.210 e. The van der Waals surface area contributed by atoms with Crippen LogP contribution >= 0.6 is 27.7 Å². The third kappa shape index (κ3) is 3.57. The highest BCUT2D eigenvalue weighted by Gasteiger charge is 2.13. The molecule has 7 heteroatoms. The topological polar surface area (TPSA) is 66.0 Å². The minimum atomic E-state index is 0.634. The fraction of sp³-hybridized carbons (Fsp3) is 0.176. The van der Waals surface area contributed by atoms with Gasteiger partial charge >= 0.3 is 0 Å². The maximum atomic E-state index is 6.17. The van der Waals surface area contributed by atoms with E-state index in [2.05, 4.69) is 39.1 Å². The Bertz CT molecular complexity index is 866. The lowest BCUT2D eigenvalue weighted by Crippen LogP contribution is -2.11. The molecule has 0 saturated carbocycles. The Kier molecular flexibility index (Phi) is 5.11. The lowest BCUT2D eigenvalue weighted by Gasteiger charge is -2.09. The third-order valence-corrected chi connectivity index (χ3v) is 5.03.